The Bertz CT molecular complexity index is 1210. The predicted octanol–water partition coefficient (Wildman–Crippen LogP) is 4.97. The van der Waals surface area contributed by atoms with Gasteiger partial charge in [0.05, 0.1) is 30.4 Å². The Morgan fingerprint density at radius 1 is 1.15 bits per heavy atom. The first kappa shape index (κ1) is 21.2. The van der Waals surface area contributed by atoms with E-state index in [-0.39, 0.29) is 6.03 Å². The van der Waals surface area contributed by atoms with Crippen molar-refractivity contribution in [1.82, 2.24) is 14.9 Å². The molecule has 3 heterocycles. The average Bonchev–Trinajstić information content (AvgIpc) is 2.94. The fraction of sp³-hybridized carbons (Fsp3) is 0.320. The van der Waals surface area contributed by atoms with Gasteiger partial charge in [0, 0.05) is 12.1 Å². The number of anilines is 4. The van der Waals surface area contributed by atoms with E-state index in [1.54, 1.807) is 13.3 Å². The highest BCUT2D eigenvalue weighted by molar-refractivity contribution is 6.07. The summed E-state index contributed by atoms with van der Waals surface area (Å²) in [4.78, 5) is 23.8. The van der Waals surface area contributed by atoms with Crippen LogP contribution in [0.4, 0.5) is 27.8 Å². The van der Waals surface area contributed by atoms with Crippen molar-refractivity contribution in [2.24, 2.45) is 0 Å². The van der Waals surface area contributed by atoms with Crippen LogP contribution < -0.4 is 20.7 Å². The van der Waals surface area contributed by atoms with Crippen molar-refractivity contribution >= 4 is 29.0 Å². The zero-order chi connectivity index (χ0) is 22.9. The number of nitrogens with zero attached hydrogens (tertiary/aromatic N) is 3. The van der Waals surface area contributed by atoms with Crippen molar-refractivity contribution in [3.05, 3.63) is 53.7 Å². The zero-order valence-corrected chi connectivity index (χ0v) is 19.1. The van der Waals surface area contributed by atoms with Crippen molar-refractivity contribution in [2.75, 3.05) is 43.2 Å². The molecule has 1 saturated heterocycles. The highest BCUT2D eigenvalue weighted by Gasteiger charge is 2.22. The number of likely N-dealkylation sites (N-methyl/N-ethyl adjacent to an activating group) is 1. The maximum atomic E-state index is 12.2. The van der Waals surface area contributed by atoms with Crippen LogP contribution in [0.3, 0.4) is 0 Å². The van der Waals surface area contributed by atoms with E-state index in [2.05, 4.69) is 45.0 Å². The summed E-state index contributed by atoms with van der Waals surface area (Å²) in [6.07, 6.45) is 4.02. The number of urea groups is 1. The molecule has 0 saturated carbocycles. The van der Waals surface area contributed by atoms with E-state index < -0.39 is 0 Å². The summed E-state index contributed by atoms with van der Waals surface area (Å²) >= 11 is 0. The van der Waals surface area contributed by atoms with Gasteiger partial charge in [0.15, 0.2) is 0 Å². The molecule has 2 aromatic carbocycles. The Hall–Kier alpha value is -3.65. The highest BCUT2D eigenvalue weighted by Crippen LogP contribution is 2.37. The molecule has 2 amide bonds. The first-order valence-corrected chi connectivity index (χ1v) is 11.2. The van der Waals surface area contributed by atoms with Crippen LogP contribution in [0, 0.1) is 6.92 Å². The van der Waals surface area contributed by atoms with Crippen LogP contribution in [-0.2, 0) is 0 Å². The van der Waals surface area contributed by atoms with Gasteiger partial charge in [-0.15, -0.1) is 0 Å². The van der Waals surface area contributed by atoms with E-state index in [9.17, 15) is 4.79 Å². The highest BCUT2D eigenvalue weighted by atomic mass is 16.5. The van der Waals surface area contributed by atoms with Crippen LogP contribution in [0.15, 0.2) is 42.6 Å². The SMILES string of the molecule is COc1cc(C2CCCN(C)C2)ccc1Nc1ncc2c(n1)-c1ccc(C)cc1NC(=O)N2. The number of nitrogens with one attached hydrogen (secondary N) is 3. The van der Waals surface area contributed by atoms with Crippen molar-refractivity contribution in [1.29, 1.82) is 0 Å². The van der Waals surface area contributed by atoms with Gasteiger partial charge in [-0.3, -0.25) is 0 Å². The van der Waals surface area contributed by atoms with E-state index in [0.717, 1.165) is 41.3 Å². The number of benzene rings is 2. The summed E-state index contributed by atoms with van der Waals surface area (Å²) in [7, 11) is 3.85. The molecule has 33 heavy (non-hydrogen) atoms. The van der Waals surface area contributed by atoms with Crippen molar-refractivity contribution in [2.45, 2.75) is 25.7 Å². The Balaban J connectivity index is 1.46. The third-order valence-corrected chi connectivity index (χ3v) is 6.28. The normalized spacial score (nSPS) is 17.8. The number of methoxy groups -OCH3 is 1. The van der Waals surface area contributed by atoms with Crippen LogP contribution in [-0.4, -0.2) is 48.1 Å². The van der Waals surface area contributed by atoms with E-state index in [1.165, 1.54) is 18.4 Å². The predicted molar refractivity (Wildman–Crippen MR) is 131 cm³/mol. The number of ether oxygens (including phenoxy) is 1. The second-order valence-electron chi connectivity index (χ2n) is 8.77. The van der Waals surface area contributed by atoms with Crippen LogP contribution in [0.5, 0.6) is 5.75 Å². The van der Waals surface area contributed by atoms with Gasteiger partial charge in [0.1, 0.15) is 11.4 Å². The van der Waals surface area contributed by atoms with Gasteiger partial charge in [0.2, 0.25) is 5.95 Å². The van der Waals surface area contributed by atoms with Gasteiger partial charge >= 0.3 is 6.03 Å². The molecule has 3 N–H and O–H groups in total. The fourth-order valence-electron chi connectivity index (χ4n) is 4.61. The summed E-state index contributed by atoms with van der Waals surface area (Å²) in [5.74, 6) is 1.69. The van der Waals surface area contributed by atoms with Crippen LogP contribution in [0.25, 0.3) is 11.3 Å². The van der Waals surface area contributed by atoms with Crippen molar-refractivity contribution in [3.63, 3.8) is 0 Å². The number of amides is 2. The second kappa shape index (κ2) is 8.71. The molecule has 0 radical (unpaired) electrons. The molecule has 1 unspecified atom stereocenters. The lowest BCUT2D eigenvalue weighted by Crippen LogP contribution is -2.30. The standard InChI is InChI=1S/C25H28N6O2/c1-15-6-8-18-20(11-15)28-25(32)29-21-13-26-24(30-23(18)21)27-19-9-7-16(12-22(19)33-3)17-5-4-10-31(2)14-17/h6-9,11-13,17H,4-5,10,14H2,1-3H3,(H,26,27,30)(H2,28,29,32). The third-order valence-electron chi connectivity index (χ3n) is 6.28. The molecule has 3 aromatic rings. The van der Waals surface area contributed by atoms with E-state index >= 15 is 0 Å². The summed E-state index contributed by atoms with van der Waals surface area (Å²) < 4.78 is 5.69. The molecule has 0 aliphatic carbocycles. The van der Waals surface area contributed by atoms with Crippen LogP contribution in [0.1, 0.15) is 29.9 Å². The Labute approximate surface area is 193 Å². The molecular formula is C25H28N6O2. The number of carbonyl (C=O) groups is 1. The molecule has 8 heteroatoms. The number of piperidine rings is 1. The average molecular weight is 445 g/mol. The van der Waals surface area contributed by atoms with Crippen molar-refractivity contribution in [3.8, 4) is 17.0 Å². The van der Waals surface area contributed by atoms with Gasteiger partial charge in [0.25, 0.3) is 0 Å². The zero-order valence-electron chi connectivity index (χ0n) is 19.1. The maximum Gasteiger partial charge on any atom is 0.323 e. The number of likely N-dealkylation sites (tertiary alicyclic amines) is 1. The van der Waals surface area contributed by atoms with Gasteiger partial charge in [-0.05, 0) is 68.6 Å². The molecule has 8 nitrogen and oxygen atoms in total. The van der Waals surface area contributed by atoms with Crippen LogP contribution >= 0.6 is 0 Å². The van der Waals surface area contributed by atoms with Gasteiger partial charge in [-0.1, -0.05) is 18.2 Å². The first-order chi connectivity index (χ1) is 16.0. The number of rotatable bonds is 4. The summed E-state index contributed by atoms with van der Waals surface area (Å²) in [5.41, 5.74) is 5.90. The number of carbonyl (C=O) groups excluding carboxylic acids is 1. The van der Waals surface area contributed by atoms with Crippen molar-refractivity contribution < 1.29 is 9.53 Å². The monoisotopic (exact) mass is 444 g/mol. The Kier molecular flexibility index (Phi) is 5.60. The number of fused-ring (bicyclic) bond motifs is 3. The minimum atomic E-state index is -0.310. The lowest BCUT2D eigenvalue weighted by molar-refractivity contribution is 0.250. The van der Waals surface area contributed by atoms with Gasteiger partial charge in [-0.25, -0.2) is 14.8 Å². The van der Waals surface area contributed by atoms with Gasteiger partial charge in [-0.2, -0.15) is 0 Å². The third kappa shape index (κ3) is 4.34. The molecule has 2 aliphatic heterocycles. The topological polar surface area (TPSA) is 91.4 Å². The lowest BCUT2D eigenvalue weighted by Gasteiger charge is -2.30. The first-order valence-electron chi connectivity index (χ1n) is 11.2. The summed E-state index contributed by atoms with van der Waals surface area (Å²) in [6, 6.07) is 11.9. The summed E-state index contributed by atoms with van der Waals surface area (Å²) in [6.45, 7) is 4.20. The molecule has 2 aliphatic rings. The van der Waals surface area contributed by atoms with E-state index in [1.807, 2.05) is 31.2 Å². The quantitative estimate of drug-likeness (QED) is 0.526. The largest absolute Gasteiger partial charge is 0.495 e. The van der Waals surface area contributed by atoms with E-state index in [4.69, 9.17) is 9.72 Å². The smallest absolute Gasteiger partial charge is 0.323 e. The molecule has 0 bridgehead atoms. The maximum absolute atomic E-state index is 12.2. The van der Waals surface area contributed by atoms with E-state index in [0.29, 0.717) is 23.2 Å². The number of hydrogen-bond donors (Lipinski definition) is 3. The fourth-order valence-corrected chi connectivity index (χ4v) is 4.61. The Morgan fingerprint density at radius 3 is 2.82 bits per heavy atom. The number of aromatic nitrogens is 2. The molecule has 170 valence electrons. The molecule has 1 atom stereocenters. The minimum absolute atomic E-state index is 0.310. The summed E-state index contributed by atoms with van der Waals surface area (Å²) in [5, 5.41) is 8.99. The molecule has 1 fully saturated rings. The number of hydrogen-bond acceptors (Lipinski definition) is 6. The molecule has 0 spiro atoms. The number of aryl methyl sites for hydroxylation is 1. The second-order valence-corrected chi connectivity index (χ2v) is 8.77. The minimum Gasteiger partial charge on any atom is -0.495 e. The Morgan fingerprint density at radius 2 is 2.00 bits per heavy atom. The van der Waals surface area contributed by atoms with Crippen LogP contribution in [0.2, 0.25) is 0 Å². The molecule has 5 rings (SSSR count). The molecular weight excluding hydrogens is 416 g/mol. The van der Waals surface area contributed by atoms with Gasteiger partial charge < -0.3 is 25.6 Å². The lowest BCUT2D eigenvalue weighted by atomic mass is 9.90. The molecule has 1 aromatic heterocycles.